The zero-order valence-corrected chi connectivity index (χ0v) is 12.2. The zero-order valence-electron chi connectivity index (χ0n) is 10.6. The van der Waals surface area contributed by atoms with E-state index in [1.54, 1.807) is 13.0 Å². The van der Waals surface area contributed by atoms with E-state index in [9.17, 15) is 9.59 Å². The predicted molar refractivity (Wildman–Crippen MR) is 73.4 cm³/mol. The average Bonchev–Trinajstić information content (AvgIpc) is 2.65. The van der Waals surface area contributed by atoms with Crippen LogP contribution in [0.5, 0.6) is 0 Å². The first-order chi connectivity index (χ1) is 9.15. The van der Waals surface area contributed by atoms with Crippen molar-refractivity contribution in [1.82, 2.24) is 0 Å². The molecule has 2 unspecified atom stereocenters. The Bertz CT molecular complexity index is 486. The first-order valence-electron chi connectivity index (χ1n) is 6.19. The number of hydrogen-bond donors (Lipinski definition) is 0. The second-order valence-electron chi connectivity index (χ2n) is 4.20. The first kappa shape index (κ1) is 14.2. The van der Waals surface area contributed by atoms with Gasteiger partial charge in [-0.15, -0.1) is 0 Å². The Morgan fingerprint density at radius 2 is 2.11 bits per heavy atom. The molecule has 0 radical (unpaired) electrons. The highest BCUT2D eigenvalue weighted by Crippen LogP contribution is 2.38. The monoisotopic (exact) mass is 326 g/mol. The molecule has 0 aromatic heterocycles. The molecule has 19 heavy (non-hydrogen) atoms. The first-order valence-corrected chi connectivity index (χ1v) is 7.11. The van der Waals surface area contributed by atoms with Crippen molar-refractivity contribution in [1.29, 1.82) is 0 Å². The van der Waals surface area contributed by atoms with Gasteiger partial charge in [-0.25, -0.2) is 0 Å². The van der Waals surface area contributed by atoms with Crippen LogP contribution in [0.15, 0.2) is 24.3 Å². The molecule has 1 aromatic rings. The Kier molecular flexibility index (Phi) is 4.71. The molecule has 0 bridgehead atoms. The molecule has 0 aliphatic heterocycles. The molecule has 2 atom stereocenters. The van der Waals surface area contributed by atoms with Crippen LogP contribution in [0.1, 0.15) is 35.4 Å². The summed E-state index contributed by atoms with van der Waals surface area (Å²) in [6.07, 6.45) is -0.140. The number of ketones is 1. The summed E-state index contributed by atoms with van der Waals surface area (Å²) in [5.74, 6) is -0.261. The number of carbonyl (C=O) groups excluding carboxylic acids is 2. The lowest BCUT2D eigenvalue weighted by Crippen LogP contribution is -2.17. The van der Waals surface area contributed by atoms with Crippen LogP contribution in [0.4, 0.5) is 0 Å². The van der Waals surface area contributed by atoms with Crippen molar-refractivity contribution in [2.24, 2.45) is 0 Å². The third-order valence-electron chi connectivity index (χ3n) is 2.96. The molecule has 4 nitrogen and oxygen atoms in total. The molecule has 0 saturated heterocycles. The van der Waals surface area contributed by atoms with Gasteiger partial charge in [0.25, 0.3) is 0 Å². The maximum Gasteiger partial charge on any atom is 0.308 e. The Balaban J connectivity index is 1.98. The van der Waals surface area contributed by atoms with Gasteiger partial charge in [-0.3, -0.25) is 9.59 Å². The average molecular weight is 327 g/mol. The summed E-state index contributed by atoms with van der Waals surface area (Å²) in [5.41, 5.74) is 1.56. The number of esters is 1. The quantitative estimate of drug-likeness (QED) is 0.616. The summed E-state index contributed by atoms with van der Waals surface area (Å²) in [6, 6.07) is 7.38. The van der Waals surface area contributed by atoms with Crippen molar-refractivity contribution in [2.45, 2.75) is 24.3 Å². The number of benzene rings is 1. The summed E-state index contributed by atoms with van der Waals surface area (Å²) in [7, 11) is 0. The largest absolute Gasteiger partial charge is 0.466 e. The summed E-state index contributed by atoms with van der Waals surface area (Å²) in [4.78, 5) is 22.8. The van der Waals surface area contributed by atoms with Crippen molar-refractivity contribution >= 4 is 27.7 Å². The fourth-order valence-electron chi connectivity index (χ4n) is 2.09. The highest BCUT2D eigenvalue weighted by Gasteiger charge is 2.38. The third kappa shape index (κ3) is 3.04. The Labute approximate surface area is 120 Å². The number of hydrogen-bond acceptors (Lipinski definition) is 4. The van der Waals surface area contributed by atoms with E-state index in [4.69, 9.17) is 9.47 Å². The van der Waals surface area contributed by atoms with Crippen LogP contribution < -0.4 is 0 Å². The number of alkyl halides is 1. The molecule has 102 valence electrons. The normalized spacial score (nSPS) is 21.3. The predicted octanol–water partition coefficient (Wildman–Crippen LogP) is 2.66. The second kappa shape index (κ2) is 6.30. The minimum Gasteiger partial charge on any atom is -0.466 e. The molecule has 0 fully saturated rings. The molecule has 1 aliphatic carbocycles. The van der Waals surface area contributed by atoms with Crippen LogP contribution in [-0.2, 0) is 14.3 Å². The lowest BCUT2D eigenvalue weighted by atomic mass is 10.1. The van der Waals surface area contributed by atoms with Crippen LogP contribution in [0.2, 0.25) is 0 Å². The minimum absolute atomic E-state index is 0.0248. The standard InChI is InChI=1S/C14H15BrO4/c1-2-18-11(16)7-8-19-14-10-6-4-3-5-9(10)13(17)12(14)15/h3-6,12,14H,2,7-8H2,1H3. The summed E-state index contributed by atoms with van der Waals surface area (Å²) in [6.45, 7) is 2.37. The van der Waals surface area contributed by atoms with E-state index in [0.717, 1.165) is 5.56 Å². The molecule has 1 aliphatic rings. The number of ether oxygens (including phenoxy) is 2. The summed E-state index contributed by atoms with van der Waals surface area (Å²) < 4.78 is 10.5. The number of rotatable bonds is 5. The maximum atomic E-state index is 12.0. The van der Waals surface area contributed by atoms with E-state index in [0.29, 0.717) is 12.2 Å². The fraction of sp³-hybridized carbons (Fsp3) is 0.429. The number of fused-ring (bicyclic) bond motifs is 1. The van der Waals surface area contributed by atoms with Gasteiger partial charge in [0.05, 0.1) is 19.6 Å². The molecule has 2 rings (SSSR count). The number of halogens is 1. The lowest BCUT2D eigenvalue weighted by Gasteiger charge is -2.15. The van der Waals surface area contributed by atoms with Crippen LogP contribution in [0, 0.1) is 0 Å². The van der Waals surface area contributed by atoms with Gasteiger partial charge in [-0.2, -0.15) is 0 Å². The Hall–Kier alpha value is -1.20. The molecule has 5 heteroatoms. The van der Waals surface area contributed by atoms with Crippen LogP contribution in [0.3, 0.4) is 0 Å². The molecule has 1 aromatic carbocycles. The topological polar surface area (TPSA) is 52.6 Å². The van der Waals surface area contributed by atoms with Crippen molar-refractivity contribution in [3.05, 3.63) is 35.4 Å². The SMILES string of the molecule is CCOC(=O)CCOC1c2ccccc2C(=O)C1Br. The second-order valence-corrected chi connectivity index (χ2v) is 5.19. The molecular weight excluding hydrogens is 312 g/mol. The lowest BCUT2D eigenvalue weighted by molar-refractivity contribution is -0.144. The van der Waals surface area contributed by atoms with Crippen LogP contribution >= 0.6 is 15.9 Å². The van der Waals surface area contributed by atoms with E-state index in [2.05, 4.69) is 15.9 Å². The third-order valence-corrected chi connectivity index (χ3v) is 3.85. The van der Waals surface area contributed by atoms with E-state index in [1.165, 1.54) is 0 Å². The van der Waals surface area contributed by atoms with Gasteiger partial charge in [0.2, 0.25) is 0 Å². The maximum absolute atomic E-state index is 12.0. The van der Waals surface area contributed by atoms with Gasteiger partial charge >= 0.3 is 5.97 Å². The minimum atomic E-state index is -0.382. The van der Waals surface area contributed by atoms with Crippen molar-refractivity contribution in [3.63, 3.8) is 0 Å². The molecule has 0 heterocycles. The van der Waals surface area contributed by atoms with Gasteiger partial charge in [-0.1, -0.05) is 40.2 Å². The number of Topliss-reactive ketones (excluding diaryl/α,β-unsaturated/α-hetero) is 1. The molecule has 0 N–H and O–H groups in total. The zero-order chi connectivity index (χ0) is 13.8. The molecular formula is C14H15BrO4. The molecule has 0 amide bonds. The Morgan fingerprint density at radius 3 is 2.84 bits per heavy atom. The van der Waals surface area contributed by atoms with Gasteiger partial charge in [0, 0.05) is 5.56 Å². The van der Waals surface area contributed by atoms with Gasteiger partial charge in [0.15, 0.2) is 5.78 Å². The highest BCUT2D eigenvalue weighted by molar-refractivity contribution is 9.10. The highest BCUT2D eigenvalue weighted by atomic mass is 79.9. The van der Waals surface area contributed by atoms with E-state index in [-0.39, 0.29) is 35.7 Å². The molecule has 0 saturated carbocycles. The van der Waals surface area contributed by atoms with Crippen molar-refractivity contribution in [3.8, 4) is 0 Å². The van der Waals surface area contributed by atoms with Gasteiger partial charge in [-0.05, 0) is 12.5 Å². The Morgan fingerprint density at radius 1 is 1.37 bits per heavy atom. The van der Waals surface area contributed by atoms with Gasteiger partial charge < -0.3 is 9.47 Å². The van der Waals surface area contributed by atoms with E-state index in [1.807, 2.05) is 18.2 Å². The molecule has 0 spiro atoms. The summed E-state index contributed by atoms with van der Waals surface area (Å²) >= 11 is 3.36. The number of carbonyl (C=O) groups is 2. The van der Waals surface area contributed by atoms with Crippen molar-refractivity contribution < 1.29 is 19.1 Å². The van der Waals surface area contributed by atoms with E-state index >= 15 is 0 Å². The smallest absolute Gasteiger partial charge is 0.308 e. The van der Waals surface area contributed by atoms with E-state index < -0.39 is 0 Å². The van der Waals surface area contributed by atoms with Gasteiger partial charge in [0.1, 0.15) is 10.9 Å². The van der Waals surface area contributed by atoms with Crippen LogP contribution in [-0.4, -0.2) is 29.8 Å². The summed E-state index contributed by atoms with van der Waals surface area (Å²) in [5, 5.41) is 0. The van der Waals surface area contributed by atoms with Crippen LogP contribution in [0.25, 0.3) is 0 Å². The fourth-order valence-corrected chi connectivity index (χ4v) is 2.77. The van der Waals surface area contributed by atoms with Crippen molar-refractivity contribution in [2.75, 3.05) is 13.2 Å².